The first-order chi connectivity index (χ1) is 11.0. The van der Waals surface area contributed by atoms with Crippen molar-refractivity contribution in [2.75, 3.05) is 31.1 Å². The second kappa shape index (κ2) is 6.22. The lowest BCUT2D eigenvalue weighted by molar-refractivity contribution is 0.384. The van der Waals surface area contributed by atoms with Crippen LogP contribution in [0.3, 0.4) is 0 Å². The Kier molecular flexibility index (Phi) is 4.28. The monoisotopic (exact) mass is 332 g/mol. The van der Waals surface area contributed by atoms with Gasteiger partial charge in [-0.1, -0.05) is 18.2 Å². The van der Waals surface area contributed by atoms with Crippen LogP contribution in [0.2, 0.25) is 0 Å². The van der Waals surface area contributed by atoms with Gasteiger partial charge in [0.15, 0.2) is 0 Å². The molecule has 1 fully saturated rings. The van der Waals surface area contributed by atoms with Gasteiger partial charge in [0.05, 0.1) is 4.90 Å². The van der Waals surface area contributed by atoms with Gasteiger partial charge in [-0.05, 0) is 42.8 Å². The van der Waals surface area contributed by atoms with E-state index < -0.39 is 10.0 Å². The number of hydrogen-bond donors (Lipinski definition) is 1. The third kappa shape index (κ3) is 3.33. The Morgan fingerprint density at radius 3 is 2.30 bits per heavy atom. The summed E-state index contributed by atoms with van der Waals surface area (Å²) in [5, 5.41) is 9.50. The van der Waals surface area contributed by atoms with Crippen molar-refractivity contribution in [1.82, 2.24) is 4.31 Å². The largest absolute Gasteiger partial charge is 0.508 e. The Morgan fingerprint density at radius 1 is 0.957 bits per heavy atom. The van der Waals surface area contributed by atoms with Crippen molar-refractivity contribution in [2.45, 2.75) is 11.8 Å². The van der Waals surface area contributed by atoms with Gasteiger partial charge in [-0.2, -0.15) is 4.31 Å². The molecule has 0 amide bonds. The van der Waals surface area contributed by atoms with Crippen molar-refractivity contribution in [3.8, 4) is 5.75 Å². The summed E-state index contributed by atoms with van der Waals surface area (Å²) in [5.74, 6) is -0.0375. The molecule has 0 aromatic heterocycles. The van der Waals surface area contributed by atoms with Crippen LogP contribution >= 0.6 is 0 Å². The molecular formula is C17H20N2O3S. The summed E-state index contributed by atoms with van der Waals surface area (Å²) in [7, 11) is -3.55. The van der Waals surface area contributed by atoms with Crippen molar-refractivity contribution in [3.63, 3.8) is 0 Å². The van der Waals surface area contributed by atoms with E-state index in [1.807, 2.05) is 25.1 Å². The Balaban J connectivity index is 1.73. The molecule has 1 N–H and O–H groups in total. The maximum Gasteiger partial charge on any atom is 0.243 e. The van der Waals surface area contributed by atoms with E-state index >= 15 is 0 Å². The highest BCUT2D eigenvalue weighted by Gasteiger charge is 2.28. The third-order valence-corrected chi connectivity index (χ3v) is 5.96. The van der Waals surface area contributed by atoms with Gasteiger partial charge < -0.3 is 10.0 Å². The lowest BCUT2D eigenvalue weighted by atomic mass is 10.2. The van der Waals surface area contributed by atoms with E-state index in [0.717, 1.165) is 5.69 Å². The van der Waals surface area contributed by atoms with Crippen molar-refractivity contribution < 1.29 is 13.5 Å². The molecule has 1 saturated heterocycles. The van der Waals surface area contributed by atoms with Crippen LogP contribution in [-0.2, 0) is 10.0 Å². The van der Waals surface area contributed by atoms with Crippen LogP contribution < -0.4 is 4.90 Å². The molecule has 0 saturated carbocycles. The fourth-order valence-corrected chi connectivity index (χ4v) is 4.27. The second-order valence-electron chi connectivity index (χ2n) is 5.73. The predicted molar refractivity (Wildman–Crippen MR) is 90.3 cm³/mol. The molecule has 5 nitrogen and oxygen atoms in total. The van der Waals surface area contributed by atoms with Crippen LogP contribution in [0.15, 0.2) is 53.4 Å². The molecule has 1 aliphatic heterocycles. The highest BCUT2D eigenvalue weighted by Crippen LogP contribution is 2.23. The quantitative estimate of drug-likeness (QED) is 0.936. The SMILES string of the molecule is Cc1cccc(N2CCN(S(=O)(=O)c3cccc(O)c3)CC2)c1. The number of benzene rings is 2. The molecule has 0 unspecified atom stereocenters. The number of nitrogens with zero attached hydrogens (tertiary/aromatic N) is 2. The zero-order chi connectivity index (χ0) is 16.4. The van der Waals surface area contributed by atoms with Crippen molar-refractivity contribution in [1.29, 1.82) is 0 Å². The van der Waals surface area contributed by atoms with Gasteiger partial charge in [0.2, 0.25) is 10.0 Å². The highest BCUT2D eigenvalue weighted by molar-refractivity contribution is 7.89. The standard InChI is InChI=1S/C17H20N2O3S/c1-14-4-2-5-15(12-14)18-8-10-19(11-9-18)23(21,22)17-7-3-6-16(20)13-17/h2-7,12-13,20H,8-11H2,1H3. The fraction of sp³-hybridized carbons (Fsp3) is 0.294. The summed E-state index contributed by atoms with van der Waals surface area (Å²) >= 11 is 0. The molecule has 23 heavy (non-hydrogen) atoms. The minimum atomic E-state index is -3.55. The smallest absolute Gasteiger partial charge is 0.243 e. The average molecular weight is 332 g/mol. The molecule has 6 heteroatoms. The van der Waals surface area contributed by atoms with E-state index in [-0.39, 0.29) is 10.6 Å². The van der Waals surface area contributed by atoms with E-state index in [4.69, 9.17) is 0 Å². The van der Waals surface area contributed by atoms with Crippen LogP contribution in [-0.4, -0.2) is 44.0 Å². The van der Waals surface area contributed by atoms with Gasteiger partial charge in [-0.15, -0.1) is 0 Å². The third-order valence-electron chi connectivity index (χ3n) is 4.06. The molecule has 1 aliphatic rings. The first-order valence-corrected chi connectivity index (χ1v) is 9.01. The number of phenols is 1. The summed E-state index contributed by atoms with van der Waals surface area (Å²) in [6.45, 7) is 4.23. The molecule has 0 radical (unpaired) electrons. The number of aromatic hydroxyl groups is 1. The van der Waals surface area contributed by atoms with E-state index in [2.05, 4.69) is 11.0 Å². The molecule has 3 rings (SSSR count). The normalized spacial score (nSPS) is 16.5. The highest BCUT2D eigenvalue weighted by atomic mass is 32.2. The number of anilines is 1. The fourth-order valence-electron chi connectivity index (χ4n) is 2.80. The molecule has 0 spiro atoms. The number of phenolic OH excluding ortho intramolecular Hbond substituents is 1. The summed E-state index contributed by atoms with van der Waals surface area (Å²) in [6.07, 6.45) is 0. The minimum Gasteiger partial charge on any atom is -0.508 e. The molecule has 0 atom stereocenters. The van der Waals surface area contributed by atoms with E-state index in [1.54, 1.807) is 6.07 Å². The average Bonchev–Trinajstić information content (AvgIpc) is 2.55. The van der Waals surface area contributed by atoms with Crippen molar-refractivity contribution in [3.05, 3.63) is 54.1 Å². The molecule has 1 heterocycles. The second-order valence-corrected chi connectivity index (χ2v) is 7.67. The molecule has 2 aromatic rings. The first-order valence-electron chi connectivity index (χ1n) is 7.57. The number of rotatable bonds is 3. The lowest BCUT2D eigenvalue weighted by Crippen LogP contribution is -2.48. The number of sulfonamides is 1. The van der Waals surface area contributed by atoms with Crippen LogP contribution in [0.5, 0.6) is 5.75 Å². The van der Waals surface area contributed by atoms with Gasteiger partial charge in [0, 0.05) is 31.9 Å². The summed E-state index contributed by atoms with van der Waals surface area (Å²) in [4.78, 5) is 2.34. The van der Waals surface area contributed by atoms with Gasteiger partial charge >= 0.3 is 0 Å². The van der Waals surface area contributed by atoms with Crippen molar-refractivity contribution in [2.24, 2.45) is 0 Å². The predicted octanol–water partition coefficient (Wildman–Crippen LogP) is 2.21. The van der Waals surface area contributed by atoms with Gasteiger partial charge in [-0.3, -0.25) is 0 Å². The van der Waals surface area contributed by atoms with Gasteiger partial charge in [0.25, 0.3) is 0 Å². The minimum absolute atomic E-state index is 0.0375. The summed E-state index contributed by atoms with van der Waals surface area (Å²) in [6, 6.07) is 14.0. The van der Waals surface area contributed by atoms with E-state index in [0.29, 0.717) is 26.2 Å². The Morgan fingerprint density at radius 2 is 1.65 bits per heavy atom. The van der Waals surface area contributed by atoms with Gasteiger partial charge in [-0.25, -0.2) is 8.42 Å². The lowest BCUT2D eigenvalue weighted by Gasteiger charge is -2.35. The molecule has 122 valence electrons. The van der Waals surface area contributed by atoms with E-state index in [9.17, 15) is 13.5 Å². The zero-order valence-corrected chi connectivity index (χ0v) is 13.8. The Labute approximate surface area is 136 Å². The van der Waals surface area contributed by atoms with Gasteiger partial charge in [0.1, 0.15) is 5.75 Å². The molecule has 2 aromatic carbocycles. The number of hydrogen-bond acceptors (Lipinski definition) is 4. The molecular weight excluding hydrogens is 312 g/mol. The Bertz CT molecular complexity index is 797. The van der Waals surface area contributed by atoms with E-state index in [1.165, 1.54) is 28.1 Å². The topological polar surface area (TPSA) is 60.9 Å². The maximum atomic E-state index is 12.6. The summed E-state index contributed by atoms with van der Waals surface area (Å²) in [5.41, 5.74) is 2.32. The zero-order valence-electron chi connectivity index (χ0n) is 13.0. The molecule has 0 aliphatic carbocycles. The first kappa shape index (κ1) is 15.8. The number of aryl methyl sites for hydroxylation is 1. The molecule has 0 bridgehead atoms. The Hall–Kier alpha value is -2.05. The van der Waals surface area contributed by atoms with Crippen LogP contribution in [0.1, 0.15) is 5.56 Å². The van der Waals surface area contributed by atoms with Crippen molar-refractivity contribution >= 4 is 15.7 Å². The van der Waals surface area contributed by atoms with Crippen LogP contribution in [0, 0.1) is 6.92 Å². The summed E-state index contributed by atoms with van der Waals surface area (Å²) < 4.78 is 26.7. The van der Waals surface area contributed by atoms with Crippen LogP contribution in [0.4, 0.5) is 5.69 Å². The van der Waals surface area contributed by atoms with Crippen LogP contribution in [0.25, 0.3) is 0 Å². The number of piperazine rings is 1. The maximum absolute atomic E-state index is 12.6.